The summed E-state index contributed by atoms with van der Waals surface area (Å²) < 4.78 is 0. The second-order valence-corrected chi connectivity index (χ2v) is 7.64. The molecule has 0 aliphatic rings. The molecule has 4 heteroatoms. The lowest BCUT2D eigenvalue weighted by Gasteiger charge is -2.20. The Morgan fingerprint density at radius 1 is 0.885 bits per heavy atom. The van der Waals surface area contributed by atoms with E-state index in [-0.39, 0.29) is 11.1 Å². The number of hydrogen-bond donors (Lipinski definition) is 2. The van der Waals surface area contributed by atoms with Crippen LogP contribution in [-0.2, 0) is 12.8 Å². The van der Waals surface area contributed by atoms with Crippen LogP contribution in [-0.4, -0.2) is 22.2 Å². The monoisotopic (exact) mass is 362 g/mol. The van der Waals surface area contributed by atoms with Crippen LogP contribution in [0.3, 0.4) is 0 Å². The average molecular weight is 363 g/mol. The lowest BCUT2D eigenvalue weighted by molar-refractivity contribution is 0.0650. The largest absolute Gasteiger partial charge is 0.478 e. The van der Waals surface area contributed by atoms with Crippen molar-refractivity contribution < 1.29 is 19.8 Å². The summed E-state index contributed by atoms with van der Waals surface area (Å²) >= 11 is 0. The number of rotatable bonds is 12. The summed E-state index contributed by atoms with van der Waals surface area (Å²) in [6.07, 6.45) is 8.05. The Labute approximate surface area is 157 Å². The van der Waals surface area contributed by atoms with E-state index in [0.717, 1.165) is 56.1 Å². The first-order valence-electron chi connectivity index (χ1n) is 9.93. The van der Waals surface area contributed by atoms with Crippen LogP contribution >= 0.6 is 0 Å². The highest BCUT2D eigenvalue weighted by Crippen LogP contribution is 2.28. The van der Waals surface area contributed by atoms with Crippen LogP contribution in [0.5, 0.6) is 0 Å². The number of aromatic carboxylic acids is 2. The van der Waals surface area contributed by atoms with Crippen LogP contribution in [0.15, 0.2) is 12.1 Å². The highest BCUT2D eigenvalue weighted by Gasteiger charge is 2.24. The maximum atomic E-state index is 11.9. The molecule has 2 atom stereocenters. The predicted octanol–water partition coefficient (Wildman–Crippen LogP) is 5.82. The Hall–Kier alpha value is -1.84. The molecule has 1 aromatic carbocycles. The summed E-state index contributed by atoms with van der Waals surface area (Å²) in [5.41, 5.74) is 1.62. The summed E-state index contributed by atoms with van der Waals surface area (Å²) in [4.78, 5) is 23.4. The van der Waals surface area contributed by atoms with Crippen LogP contribution in [0.4, 0.5) is 0 Å². The van der Waals surface area contributed by atoms with E-state index >= 15 is 0 Å². The smallest absolute Gasteiger partial charge is 0.336 e. The maximum Gasteiger partial charge on any atom is 0.336 e. The van der Waals surface area contributed by atoms with E-state index in [1.165, 1.54) is 6.07 Å². The van der Waals surface area contributed by atoms with E-state index in [0.29, 0.717) is 18.3 Å². The number of carboxylic acids is 2. The van der Waals surface area contributed by atoms with Crippen molar-refractivity contribution in [2.45, 2.75) is 79.1 Å². The lowest BCUT2D eigenvalue weighted by Crippen LogP contribution is -2.17. The molecule has 0 saturated heterocycles. The Morgan fingerprint density at radius 2 is 1.42 bits per heavy atom. The van der Waals surface area contributed by atoms with Gasteiger partial charge in [-0.15, -0.1) is 0 Å². The van der Waals surface area contributed by atoms with Crippen molar-refractivity contribution >= 4 is 11.9 Å². The van der Waals surface area contributed by atoms with Crippen molar-refractivity contribution in [3.63, 3.8) is 0 Å². The van der Waals surface area contributed by atoms with Crippen molar-refractivity contribution in [1.29, 1.82) is 0 Å². The van der Waals surface area contributed by atoms with Crippen molar-refractivity contribution in [1.82, 2.24) is 0 Å². The second-order valence-electron chi connectivity index (χ2n) is 7.64. The zero-order chi connectivity index (χ0) is 19.7. The summed E-state index contributed by atoms with van der Waals surface area (Å²) in [6, 6.07) is 3.30. The van der Waals surface area contributed by atoms with Gasteiger partial charge in [0.2, 0.25) is 0 Å². The minimum Gasteiger partial charge on any atom is -0.478 e. The highest BCUT2D eigenvalue weighted by atomic mass is 16.4. The molecule has 0 aromatic heterocycles. The molecular formula is C22H34O4. The van der Waals surface area contributed by atoms with Gasteiger partial charge >= 0.3 is 11.9 Å². The summed E-state index contributed by atoms with van der Waals surface area (Å²) in [5, 5.41) is 19.2. The van der Waals surface area contributed by atoms with Gasteiger partial charge < -0.3 is 10.2 Å². The van der Waals surface area contributed by atoms with Gasteiger partial charge in [0.1, 0.15) is 0 Å². The van der Waals surface area contributed by atoms with Crippen LogP contribution < -0.4 is 0 Å². The summed E-state index contributed by atoms with van der Waals surface area (Å²) in [5.74, 6) is -1.52. The molecule has 146 valence electrons. The zero-order valence-electron chi connectivity index (χ0n) is 16.7. The molecule has 26 heavy (non-hydrogen) atoms. The van der Waals surface area contributed by atoms with E-state index in [1.807, 2.05) is 6.07 Å². The van der Waals surface area contributed by atoms with E-state index in [4.69, 9.17) is 0 Å². The molecule has 0 aliphatic heterocycles. The molecule has 1 aromatic rings. The number of carbonyl (C=O) groups is 2. The molecule has 0 bridgehead atoms. The Balaban J connectivity index is 3.27. The van der Waals surface area contributed by atoms with Gasteiger partial charge in [-0.1, -0.05) is 72.3 Å². The third kappa shape index (κ3) is 6.47. The Bertz CT molecular complexity index is 606. The van der Waals surface area contributed by atoms with Gasteiger partial charge in [0.25, 0.3) is 0 Å². The normalized spacial score (nSPS) is 13.4. The minimum absolute atomic E-state index is 0.0129. The van der Waals surface area contributed by atoms with Crippen LogP contribution in [0.1, 0.15) is 98.1 Å². The van der Waals surface area contributed by atoms with E-state index in [1.54, 1.807) is 0 Å². The standard InChI is InChI=1S/C22H34O4/c1-5-7-9-15(3)13-17-11-12-18(21(23)24)20(22(25)26)19(17)14-16(4)10-8-6-2/h11-12,15-16H,5-10,13-14H2,1-4H3,(H,23,24)(H,25,26). The fourth-order valence-electron chi connectivity index (χ4n) is 3.57. The van der Waals surface area contributed by atoms with Crippen molar-refractivity contribution in [2.24, 2.45) is 11.8 Å². The third-order valence-electron chi connectivity index (χ3n) is 5.08. The number of hydrogen-bond acceptors (Lipinski definition) is 2. The number of unbranched alkanes of at least 4 members (excludes halogenated alkanes) is 2. The van der Waals surface area contributed by atoms with Gasteiger partial charge in [0, 0.05) is 0 Å². The summed E-state index contributed by atoms with van der Waals surface area (Å²) in [7, 11) is 0. The molecule has 1 rings (SSSR count). The topological polar surface area (TPSA) is 74.6 Å². The molecule has 0 heterocycles. The van der Waals surface area contributed by atoms with Crippen molar-refractivity contribution in [3.05, 3.63) is 34.4 Å². The predicted molar refractivity (Wildman–Crippen MR) is 105 cm³/mol. The summed E-state index contributed by atoms with van der Waals surface area (Å²) in [6.45, 7) is 8.61. The second kappa shape index (κ2) is 11.0. The van der Waals surface area contributed by atoms with E-state index < -0.39 is 11.9 Å². The first-order valence-corrected chi connectivity index (χ1v) is 9.93. The van der Waals surface area contributed by atoms with Gasteiger partial charge in [-0.25, -0.2) is 9.59 Å². The third-order valence-corrected chi connectivity index (χ3v) is 5.08. The molecule has 0 fully saturated rings. The van der Waals surface area contributed by atoms with Crippen LogP contribution in [0.2, 0.25) is 0 Å². The van der Waals surface area contributed by atoms with Gasteiger partial charge in [0.05, 0.1) is 11.1 Å². The van der Waals surface area contributed by atoms with Gasteiger partial charge in [-0.05, 0) is 41.9 Å². The SMILES string of the molecule is CCCCC(C)Cc1ccc(C(=O)O)c(C(=O)O)c1CC(C)CCCC. The van der Waals surface area contributed by atoms with Crippen LogP contribution in [0.25, 0.3) is 0 Å². The fraction of sp³-hybridized carbons (Fsp3) is 0.636. The quantitative estimate of drug-likeness (QED) is 0.491. The highest BCUT2D eigenvalue weighted by molar-refractivity contribution is 6.03. The first-order chi connectivity index (χ1) is 12.3. The average Bonchev–Trinajstić information content (AvgIpc) is 2.58. The molecule has 2 N–H and O–H groups in total. The van der Waals surface area contributed by atoms with E-state index in [2.05, 4.69) is 27.7 Å². The fourth-order valence-corrected chi connectivity index (χ4v) is 3.57. The number of carboxylic acid groups (broad SMARTS) is 2. The van der Waals surface area contributed by atoms with Gasteiger partial charge in [-0.2, -0.15) is 0 Å². The van der Waals surface area contributed by atoms with Crippen molar-refractivity contribution in [3.8, 4) is 0 Å². The Morgan fingerprint density at radius 3 is 1.88 bits per heavy atom. The molecular weight excluding hydrogens is 328 g/mol. The lowest BCUT2D eigenvalue weighted by atomic mass is 9.84. The molecule has 0 saturated carbocycles. The molecule has 0 amide bonds. The van der Waals surface area contributed by atoms with Crippen molar-refractivity contribution in [2.75, 3.05) is 0 Å². The molecule has 4 nitrogen and oxygen atoms in total. The van der Waals surface area contributed by atoms with E-state index in [9.17, 15) is 19.8 Å². The molecule has 0 aliphatic carbocycles. The Kier molecular flexibility index (Phi) is 9.39. The van der Waals surface area contributed by atoms with Gasteiger partial charge in [0.15, 0.2) is 0 Å². The molecule has 2 unspecified atom stereocenters. The van der Waals surface area contributed by atoms with Crippen LogP contribution in [0, 0.1) is 11.8 Å². The maximum absolute atomic E-state index is 11.9. The molecule has 0 spiro atoms. The first kappa shape index (κ1) is 22.2. The number of benzene rings is 1. The molecule has 0 radical (unpaired) electrons. The van der Waals surface area contributed by atoms with Gasteiger partial charge in [-0.3, -0.25) is 0 Å². The zero-order valence-corrected chi connectivity index (χ0v) is 16.7. The minimum atomic E-state index is -1.17.